The smallest absolute Gasteiger partial charge is 0.126 e. The van der Waals surface area contributed by atoms with E-state index in [1.54, 1.807) is 19.2 Å². The van der Waals surface area contributed by atoms with Crippen molar-refractivity contribution in [3.8, 4) is 22.9 Å². The lowest BCUT2D eigenvalue weighted by Gasteiger charge is -2.11. The van der Waals surface area contributed by atoms with E-state index in [9.17, 15) is 0 Å². The molecule has 0 aliphatic rings. The fraction of sp³-hybridized carbons (Fsp3) is 0.188. The van der Waals surface area contributed by atoms with Gasteiger partial charge in [0.2, 0.25) is 0 Å². The number of hydrogen-bond donors (Lipinski definition) is 1. The van der Waals surface area contributed by atoms with Gasteiger partial charge in [0.1, 0.15) is 5.75 Å². The summed E-state index contributed by atoms with van der Waals surface area (Å²) in [5.41, 5.74) is 3.43. The highest BCUT2D eigenvalue weighted by Crippen LogP contribution is 2.33. The molecule has 0 aromatic heterocycles. The lowest BCUT2D eigenvalue weighted by atomic mass is 10.0. The van der Waals surface area contributed by atoms with Crippen molar-refractivity contribution in [2.45, 2.75) is 6.54 Å². The van der Waals surface area contributed by atoms with Gasteiger partial charge in [-0.25, -0.2) is 0 Å². The SMILES string of the molecule is CNCc1ccc(-c2cc(C#N)ccc2OC)cc1Cl. The number of halogens is 1. The Bertz CT molecular complexity index is 662. The van der Waals surface area contributed by atoms with Crippen LogP contribution in [0.4, 0.5) is 0 Å². The molecule has 1 N–H and O–H groups in total. The third kappa shape index (κ3) is 2.93. The molecule has 2 aromatic rings. The summed E-state index contributed by atoms with van der Waals surface area (Å²) >= 11 is 6.28. The molecule has 4 heteroatoms. The maximum atomic E-state index is 9.02. The average Bonchev–Trinajstić information content (AvgIpc) is 2.48. The molecule has 0 aliphatic carbocycles. The van der Waals surface area contributed by atoms with E-state index in [1.165, 1.54) is 0 Å². The number of rotatable bonds is 4. The number of nitriles is 1. The summed E-state index contributed by atoms with van der Waals surface area (Å²) in [6, 6.07) is 13.3. The summed E-state index contributed by atoms with van der Waals surface area (Å²) in [5, 5.41) is 12.8. The third-order valence-electron chi connectivity index (χ3n) is 3.06. The van der Waals surface area contributed by atoms with Crippen LogP contribution in [0, 0.1) is 11.3 Å². The second-order valence-electron chi connectivity index (χ2n) is 4.36. The Balaban J connectivity index is 2.50. The Morgan fingerprint density at radius 3 is 2.65 bits per heavy atom. The number of nitrogens with one attached hydrogen (secondary N) is 1. The quantitative estimate of drug-likeness (QED) is 0.934. The first-order valence-electron chi connectivity index (χ1n) is 6.21. The number of nitrogens with zero attached hydrogens (tertiary/aromatic N) is 1. The van der Waals surface area contributed by atoms with E-state index in [4.69, 9.17) is 21.6 Å². The highest BCUT2D eigenvalue weighted by atomic mass is 35.5. The van der Waals surface area contributed by atoms with Crippen molar-refractivity contribution in [3.05, 3.63) is 52.5 Å². The molecule has 0 saturated carbocycles. The number of methoxy groups -OCH3 is 1. The van der Waals surface area contributed by atoms with Crippen LogP contribution < -0.4 is 10.1 Å². The maximum Gasteiger partial charge on any atom is 0.126 e. The first-order chi connectivity index (χ1) is 9.69. The Hall–Kier alpha value is -2.02. The monoisotopic (exact) mass is 286 g/mol. The van der Waals surface area contributed by atoms with Gasteiger partial charge in [-0.1, -0.05) is 23.7 Å². The lowest BCUT2D eigenvalue weighted by molar-refractivity contribution is 0.416. The Labute approximate surface area is 123 Å². The zero-order valence-corrected chi connectivity index (χ0v) is 12.2. The van der Waals surface area contributed by atoms with E-state index < -0.39 is 0 Å². The third-order valence-corrected chi connectivity index (χ3v) is 3.41. The Kier molecular flexibility index (Phi) is 4.62. The van der Waals surface area contributed by atoms with E-state index in [1.807, 2.05) is 31.3 Å². The summed E-state index contributed by atoms with van der Waals surface area (Å²) in [4.78, 5) is 0. The van der Waals surface area contributed by atoms with Crippen molar-refractivity contribution >= 4 is 11.6 Å². The molecule has 0 fully saturated rings. The Morgan fingerprint density at radius 1 is 1.25 bits per heavy atom. The molecule has 0 radical (unpaired) electrons. The van der Waals surface area contributed by atoms with Crippen LogP contribution in [0.25, 0.3) is 11.1 Å². The Morgan fingerprint density at radius 2 is 2.05 bits per heavy atom. The second kappa shape index (κ2) is 6.42. The van der Waals surface area contributed by atoms with Crippen LogP contribution in [-0.2, 0) is 6.54 Å². The van der Waals surface area contributed by atoms with E-state index in [-0.39, 0.29) is 0 Å². The average molecular weight is 287 g/mol. The van der Waals surface area contributed by atoms with Gasteiger partial charge >= 0.3 is 0 Å². The van der Waals surface area contributed by atoms with Crippen molar-refractivity contribution in [2.75, 3.05) is 14.2 Å². The van der Waals surface area contributed by atoms with Crippen molar-refractivity contribution in [1.82, 2.24) is 5.32 Å². The van der Waals surface area contributed by atoms with Crippen molar-refractivity contribution in [2.24, 2.45) is 0 Å². The lowest BCUT2D eigenvalue weighted by Crippen LogP contribution is -2.05. The topological polar surface area (TPSA) is 45.0 Å². The minimum Gasteiger partial charge on any atom is -0.496 e. The van der Waals surface area contributed by atoms with Gasteiger partial charge in [0.05, 0.1) is 18.7 Å². The molecule has 2 rings (SSSR count). The first kappa shape index (κ1) is 14.4. The maximum absolute atomic E-state index is 9.02. The van der Waals surface area contributed by atoms with E-state index in [0.717, 1.165) is 22.4 Å². The minimum absolute atomic E-state index is 0.594. The van der Waals surface area contributed by atoms with E-state index in [0.29, 0.717) is 17.1 Å². The summed E-state index contributed by atoms with van der Waals surface area (Å²) in [6.07, 6.45) is 0. The molecule has 102 valence electrons. The molecule has 0 saturated heterocycles. The predicted octanol–water partition coefficient (Wildman–Crippen LogP) is 3.61. The summed E-state index contributed by atoms with van der Waals surface area (Å²) in [6.45, 7) is 0.717. The standard InChI is InChI=1S/C16H15ClN2O/c1-19-10-13-5-4-12(8-15(13)17)14-7-11(9-18)3-6-16(14)20-2/h3-8,19H,10H2,1-2H3. The van der Waals surface area contributed by atoms with E-state index in [2.05, 4.69) is 11.4 Å². The van der Waals surface area contributed by atoms with Gasteiger partial charge in [0.15, 0.2) is 0 Å². The van der Waals surface area contributed by atoms with Crippen LogP contribution in [0.3, 0.4) is 0 Å². The van der Waals surface area contributed by atoms with E-state index >= 15 is 0 Å². The molecule has 3 nitrogen and oxygen atoms in total. The van der Waals surface area contributed by atoms with Gasteiger partial charge < -0.3 is 10.1 Å². The van der Waals surface area contributed by atoms with Gasteiger partial charge in [0.25, 0.3) is 0 Å². The molecule has 20 heavy (non-hydrogen) atoms. The number of ether oxygens (including phenoxy) is 1. The molecule has 0 spiro atoms. The van der Waals surface area contributed by atoms with Crippen molar-refractivity contribution in [1.29, 1.82) is 5.26 Å². The van der Waals surface area contributed by atoms with Crippen LogP contribution in [0.15, 0.2) is 36.4 Å². The number of benzene rings is 2. The highest BCUT2D eigenvalue weighted by molar-refractivity contribution is 6.31. The summed E-state index contributed by atoms with van der Waals surface area (Å²) in [5.74, 6) is 0.724. The molecule has 0 atom stereocenters. The van der Waals surface area contributed by atoms with Crippen LogP contribution in [-0.4, -0.2) is 14.2 Å². The van der Waals surface area contributed by atoms with Crippen LogP contribution in [0.2, 0.25) is 5.02 Å². The van der Waals surface area contributed by atoms with Gasteiger partial charge in [-0.05, 0) is 42.4 Å². The largest absolute Gasteiger partial charge is 0.496 e. The van der Waals surface area contributed by atoms with Crippen molar-refractivity contribution in [3.63, 3.8) is 0 Å². The van der Waals surface area contributed by atoms with Crippen molar-refractivity contribution < 1.29 is 4.74 Å². The minimum atomic E-state index is 0.594. The molecule has 0 amide bonds. The summed E-state index contributed by atoms with van der Waals surface area (Å²) in [7, 11) is 3.49. The normalized spacial score (nSPS) is 10.1. The number of hydrogen-bond acceptors (Lipinski definition) is 3. The summed E-state index contributed by atoms with van der Waals surface area (Å²) < 4.78 is 5.35. The molecule has 0 unspecified atom stereocenters. The predicted molar refractivity (Wildman–Crippen MR) is 80.9 cm³/mol. The molecule has 0 bridgehead atoms. The molecule has 2 aromatic carbocycles. The molecular formula is C16H15ClN2O. The highest BCUT2D eigenvalue weighted by Gasteiger charge is 2.09. The fourth-order valence-electron chi connectivity index (χ4n) is 2.05. The molecule has 0 heterocycles. The van der Waals surface area contributed by atoms with Crippen LogP contribution in [0.5, 0.6) is 5.75 Å². The van der Waals surface area contributed by atoms with Gasteiger partial charge in [-0.2, -0.15) is 5.26 Å². The van der Waals surface area contributed by atoms with Gasteiger partial charge in [-0.3, -0.25) is 0 Å². The molecule has 0 aliphatic heterocycles. The first-order valence-corrected chi connectivity index (χ1v) is 6.59. The van der Waals surface area contributed by atoms with Crippen LogP contribution >= 0.6 is 11.6 Å². The van der Waals surface area contributed by atoms with Crippen LogP contribution in [0.1, 0.15) is 11.1 Å². The second-order valence-corrected chi connectivity index (χ2v) is 4.77. The van der Waals surface area contributed by atoms with Gasteiger partial charge in [0, 0.05) is 17.1 Å². The fourth-order valence-corrected chi connectivity index (χ4v) is 2.30. The zero-order valence-electron chi connectivity index (χ0n) is 11.4. The van der Waals surface area contributed by atoms with Gasteiger partial charge in [-0.15, -0.1) is 0 Å². The zero-order chi connectivity index (χ0) is 14.5. The molecular weight excluding hydrogens is 272 g/mol.